The molecule has 69 heavy (non-hydrogen) atoms. The van der Waals surface area contributed by atoms with Crippen LogP contribution in [0.25, 0.3) is 21.8 Å². The van der Waals surface area contributed by atoms with Crippen LogP contribution in [0.3, 0.4) is 0 Å². The van der Waals surface area contributed by atoms with Gasteiger partial charge >= 0.3 is 5.97 Å². The van der Waals surface area contributed by atoms with Crippen LogP contribution in [-0.2, 0) is 48.0 Å². The zero-order chi connectivity index (χ0) is 48.9. The second kappa shape index (κ2) is 23.7. The van der Waals surface area contributed by atoms with Crippen LogP contribution < -0.4 is 38.5 Å². The van der Waals surface area contributed by atoms with Crippen LogP contribution in [0.1, 0.15) is 80.9 Å². The number of aromatic amines is 2. The highest BCUT2D eigenvalue weighted by molar-refractivity contribution is 5.97. The molecule has 2 aliphatic rings. The number of rotatable bonds is 22. The first-order valence-corrected chi connectivity index (χ1v) is 24.0. The van der Waals surface area contributed by atoms with Gasteiger partial charge < -0.3 is 58.4 Å². The average Bonchev–Trinajstić information content (AvgIpc) is 4.11. The zero-order valence-corrected chi connectivity index (χ0v) is 38.8. The molecule has 18 nitrogen and oxygen atoms in total. The highest BCUT2D eigenvalue weighted by Crippen LogP contribution is 2.29. The number of nitrogens with two attached hydrogens (primary N) is 3. The van der Waals surface area contributed by atoms with Crippen molar-refractivity contribution in [2.45, 2.75) is 120 Å². The first kappa shape index (κ1) is 49.7. The summed E-state index contributed by atoms with van der Waals surface area (Å²) in [5.41, 5.74) is 21.4. The maximum atomic E-state index is 14.8. The van der Waals surface area contributed by atoms with Crippen molar-refractivity contribution in [3.63, 3.8) is 0 Å². The number of aliphatic imine (C=N–C) groups is 1. The number of carboxylic acids is 1. The van der Waals surface area contributed by atoms with Gasteiger partial charge in [-0.05, 0) is 73.3 Å². The van der Waals surface area contributed by atoms with Gasteiger partial charge in [0, 0.05) is 60.1 Å². The Morgan fingerprint density at radius 3 is 1.88 bits per heavy atom. The van der Waals surface area contributed by atoms with Crippen molar-refractivity contribution in [1.29, 1.82) is 0 Å². The van der Waals surface area contributed by atoms with Crippen molar-refractivity contribution in [2.24, 2.45) is 28.1 Å². The second-order valence-electron chi connectivity index (χ2n) is 18.4. The van der Waals surface area contributed by atoms with E-state index < -0.39 is 71.8 Å². The normalized spacial score (nSPS) is 17.3. The lowest BCUT2D eigenvalue weighted by Crippen LogP contribution is -2.59. The minimum atomic E-state index is -1.30. The van der Waals surface area contributed by atoms with Crippen LogP contribution >= 0.6 is 0 Å². The van der Waals surface area contributed by atoms with Gasteiger partial charge in [-0.3, -0.25) is 29.0 Å². The fourth-order valence-electron chi connectivity index (χ4n) is 9.75. The van der Waals surface area contributed by atoms with Crippen molar-refractivity contribution < 1.29 is 33.9 Å². The predicted octanol–water partition coefficient (Wildman–Crippen LogP) is 3.04. The summed E-state index contributed by atoms with van der Waals surface area (Å²) in [5, 5.41) is 23.3. The molecule has 0 spiro atoms. The molecule has 1 aliphatic carbocycles. The Balaban J connectivity index is 1.11. The number of aromatic nitrogens is 2. The number of carbonyl (C=O) groups is 6. The quantitative estimate of drug-likeness (QED) is 0.0275. The summed E-state index contributed by atoms with van der Waals surface area (Å²) >= 11 is 0. The molecule has 13 N–H and O–H groups in total. The molecule has 1 saturated carbocycles. The number of para-hydroxylation sites is 2. The maximum absolute atomic E-state index is 14.8. The van der Waals surface area contributed by atoms with Gasteiger partial charge in [-0.1, -0.05) is 98.8 Å². The Morgan fingerprint density at radius 1 is 0.667 bits per heavy atom. The number of hydrogen-bond acceptors (Lipinski definition) is 8. The molecule has 5 aromatic rings. The number of benzene rings is 3. The number of H-pyrrole nitrogens is 2. The Kier molecular flexibility index (Phi) is 17.1. The Hall–Kier alpha value is -7.21. The number of carboxylic acid groups (broad SMARTS) is 1. The standard InChI is InChI=1S/C51H65N11O7/c52-37(25-31-13-3-1-4-14-31)45(63)61-43(28-34-30-57-39-20-10-8-18-36(34)39)49(67)62-24-12-22-44(62)48(66)60-41(26-32-15-5-2-6-16-32)46(64)59-42(27-33-29-56-38-19-9-7-17-35(33)38)47(65)58-40(50(68)69)21-11-23-55-51(53)54/h1,3-4,7-10,13-14,17-20,29-30,32,37,40-44,56-57H,2,5-6,11-12,15-16,21-28,52H2,(H,58,65)(H,59,64)(H,60,66)(H,61,63)(H,68,69)(H4,53,54,55)/t37-,40+,41+,42-,43-,44+/m0/s1. The first-order chi connectivity index (χ1) is 33.3. The van der Waals surface area contributed by atoms with Gasteiger partial charge in [0.1, 0.15) is 30.2 Å². The number of nitrogens with zero attached hydrogens (tertiary/aromatic N) is 2. The van der Waals surface area contributed by atoms with Crippen LogP contribution in [0.4, 0.5) is 0 Å². The van der Waals surface area contributed by atoms with Gasteiger partial charge in [-0.25, -0.2) is 4.79 Å². The SMILES string of the molecule is NC(N)=NCCC[C@@H](NC(=O)[C@H](Cc1c[nH]c2ccccc12)NC(=O)[C@@H](CC1CCCCC1)NC(=O)[C@H]1CCCN1C(=O)[C@H](Cc1c[nH]c2ccccc12)NC(=O)[C@@H](N)Cc1ccccc1)C(=O)O. The minimum Gasteiger partial charge on any atom is -0.480 e. The highest BCUT2D eigenvalue weighted by Gasteiger charge is 2.40. The van der Waals surface area contributed by atoms with Crippen molar-refractivity contribution in [3.05, 3.63) is 108 Å². The van der Waals surface area contributed by atoms with Gasteiger partial charge in [0.05, 0.1) is 6.04 Å². The Bertz CT molecular complexity index is 2600. The molecule has 18 heteroatoms. The molecule has 6 atom stereocenters. The second-order valence-corrected chi connectivity index (χ2v) is 18.4. The molecule has 0 unspecified atom stereocenters. The fourth-order valence-corrected chi connectivity index (χ4v) is 9.75. The molecule has 0 bridgehead atoms. The summed E-state index contributed by atoms with van der Waals surface area (Å²) in [4.78, 5) is 96.2. The summed E-state index contributed by atoms with van der Waals surface area (Å²) in [5.74, 6) is -4.10. The summed E-state index contributed by atoms with van der Waals surface area (Å²) < 4.78 is 0. The van der Waals surface area contributed by atoms with E-state index in [2.05, 4.69) is 36.2 Å². The Labute approximate surface area is 401 Å². The molecule has 1 aliphatic heterocycles. The molecule has 2 fully saturated rings. The van der Waals surface area contributed by atoms with Crippen LogP contribution in [0, 0.1) is 5.92 Å². The number of aliphatic carboxylic acids is 1. The zero-order valence-electron chi connectivity index (χ0n) is 38.8. The maximum Gasteiger partial charge on any atom is 0.326 e. The van der Waals surface area contributed by atoms with Gasteiger partial charge in [0.15, 0.2) is 5.96 Å². The molecule has 2 aromatic heterocycles. The van der Waals surface area contributed by atoms with E-state index >= 15 is 0 Å². The topological polar surface area (TPSA) is 296 Å². The van der Waals surface area contributed by atoms with Crippen LogP contribution in [-0.4, -0.2) is 111 Å². The molecule has 0 radical (unpaired) electrons. The van der Waals surface area contributed by atoms with E-state index in [0.29, 0.717) is 24.8 Å². The number of amides is 5. The third kappa shape index (κ3) is 13.3. The van der Waals surface area contributed by atoms with Crippen LogP contribution in [0.15, 0.2) is 96.2 Å². The van der Waals surface area contributed by atoms with E-state index in [9.17, 15) is 33.9 Å². The summed E-state index contributed by atoms with van der Waals surface area (Å²) in [6.07, 6.45) is 10.1. The predicted molar refractivity (Wildman–Crippen MR) is 263 cm³/mol. The minimum absolute atomic E-state index is 0.00939. The summed E-state index contributed by atoms with van der Waals surface area (Å²) in [6.45, 7) is 0.405. The van der Waals surface area contributed by atoms with E-state index in [1.165, 1.54) is 4.90 Å². The van der Waals surface area contributed by atoms with Crippen molar-refractivity contribution >= 4 is 63.3 Å². The number of carbonyl (C=O) groups excluding carboxylic acids is 5. The molecule has 366 valence electrons. The molecule has 7 rings (SSSR count). The molecule has 5 amide bonds. The number of fused-ring (bicyclic) bond motifs is 2. The van der Waals surface area contributed by atoms with Crippen LogP contribution in [0.5, 0.6) is 0 Å². The van der Waals surface area contributed by atoms with E-state index in [4.69, 9.17) is 17.2 Å². The van der Waals surface area contributed by atoms with Gasteiger partial charge in [-0.2, -0.15) is 0 Å². The lowest BCUT2D eigenvalue weighted by Gasteiger charge is -2.32. The largest absolute Gasteiger partial charge is 0.480 e. The van der Waals surface area contributed by atoms with Gasteiger partial charge in [0.25, 0.3) is 0 Å². The van der Waals surface area contributed by atoms with Crippen molar-refractivity contribution in [3.8, 4) is 0 Å². The fraction of sp³-hybridized carbons (Fsp3) is 0.431. The van der Waals surface area contributed by atoms with E-state index in [-0.39, 0.29) is 57.1 Å². The van der Waals surface area contributed by atoms with E-state index in [0.717, 1.165) is 65.0 Å². The van der Waals surface area contributed by atoms with Gasteiger partial charge in [-0.15, -0.1) is 0 Å². The van der Waals surface area contributed by atoms with Crippen LogP contribution in [0.2, 0.25) is 0 Å². The molecule has 1 saturated heterocycles. The summed E-state index contributed by atoms with van der Waals surface area (Å²) in [7, 11) is 0. The van der Waals surface area contributed by atoms with Gasteiger partial charge in [0.2, 0.25) is 29.5 Å². The smallest absolute Gasteiger partial charge is 0.326 e. The number of likely N-dealkylation sites (tertiary alicyclic amines) is 1. The average molecular weight is 944 g/mol. The van der Waals surface area contributed by atoms with E-state index in [1.54, 1.807) is 6.20 Å². The first-order valence-electron chi connectivity index (χ1n) is 24.0. The summed E-state index contributed by atoms with van der Waals surface area (Å²) in [6, 6.07) is 17.9. The van der Waals surface area contributed by atoms with Crippen molar-refractivity contribution in [1.82, 2.24) is 36.1 Å². The highest BCUT2D eigenvalue weighted by atomic mass is 16.4. The lowest BCUT2D eigenvalue weighted by atomic mass is 9.84. The molecular formula is C51H65N11O7. The monoisotopic (exact) mass is 944 g/mol. The van der Waals surface area contributed by atoms with E-state index in [1.807, 2.05) is 85.1 Å². The molecule has 3 aromatic carbocycles. The number of hydrogen-bond donors (Lipinski definition) is 10. The van der Waals surface area contributed by atoms with Crippen molar-refractivity contribution in [2.75, 3.05) is 13.1 Å². The molecule has 3 heterocycles. The number of guanidine groups is 1. The lowest BCUT2D eigenvalue weighted by molar-refractivity contribution is -0.143. The molecular weight excluding hydrogens is 879 g/mol. The third-order valence-electron chi connectivity index (χ3n) is 13.4. The Morgan fingerprint density at radius 2 is 1.25 bits per heavy atom. The third-order valence-corrected chi connectivity index (χ3v) is 13.4. The number of nitrogens with one attached hydrogen (secondary N) is 6.